The Labute approximate surface area is 79.4 Å². The van der Waals surface area contributed by atoms with Crippen LogP contribution in [0.2, 0.25) is 0 Å². The largest absolute Gasteiger partial charge is 0.330 e. The van der Waals surface area contributed by atoms with Gasteiger partial charge in [-0.15, -0.1) is 0 Å². The number of nitrogens with zero attached hydrogens (tertiary/aromatic N) is 2. The Hall–Kier alpha value is -0.960. The molecule has 0 saturated carbocycles. The van der Waals surface area contributed by atoms with E-state index in [9.17, 15) is 0 Å². The van der Waals surface area contributed by atoms with Gasteiger partial charge >= 0.3 is 0 Å². The van der Waals surface area contributed by atoms with Crippen LogP contribution in [-0.4, -0.2) is 16.5 Å². The van der Waals surface area contributed by atoms with Crippen LogP contribution in [0.3, 0.4) is 0 Å². The molecule has 0 radical (unpaired) electrons. The second-order valence-corrected chi connectivity index (χ2v) is 3.70. The SMILES string of the molecule is CC(C)CC(CN)c1ccncn1. The van der Waals surface area contributed by atoms with Gasteiger partial charge in [0.2, 0.25) is 0 Å². The summed E-state index contributed by atoms with van der Waals surface area (Å²) in [6.07, 6.45) is 4.44. The lowest BCUT2D eigenvalue weighted by molar-refractivity contribution is 0.496. The van der Waals surface area contributed by atoms with E-state index in [1.165, 1.54) is 0 Å². The van der Waals surface area contributed by atoms with Crippen molar-refractivity contribution in [2.45, 2.75) is 26.2 Å². The fraction of sp³-hybridized carbons (Fsp3) is 0.600. The first-order valence-electron chi connectivity index (χ1n) is 4.70. The highest BCUT2D eigenvalue weighted by molar-refractivity contribution is 5.06. The van der Waals surface area contributed by atoms with Crippen molar-refractivity contribution >= 4 is 0 Å². The molecule has 2 N–H and O–H groups in total. The first-order chi connectivity index (χ1) is 6.24. The molecule has 0 saturated heterocycles. The van der Waals surface area contributed by atoms with Crippen molar-refractivity contribution < 1.29 is 0 Å². The highest BCUT2D eigenvalue weighted by Crippen LogP contribution is 2.19. The summed E-state index contributed by atoms with van der Waals surface area (Å²) in [4.78, 5) is 8.10. The van der Waals surface area contributed by atoms with Crippen molar-refractivity contribution in [2.75, 3.05) is 6.54 Å². The molecule has 3 heteroatoms. The molecule has 0 amide bonds. The van der Waals surface area contributed by atoms with E-state index in [0.717, 1.165) is 12.1 Å². The molecule has 13 heavy (non-hydrogen) atoms. The van der Waals surface area contributed by atoms with Gasteiger partial charge in [-0.3, -0.25) is 0 Å². The normalized spacial score (nSPS) is 13.2. The third-order valence-corrected chi connectivity index (χ3v) is 2.06. The molecule has 0 aliphatic rings. The molecule has 0 fully saturated rings. The van der Waals surface area contributed by atoms with Crippen molar-refractivity contribution in [3.05, 3.63) is 24.3 Å². The Bertz CT molecular complexity index is 233. The zero-order valence-electron chi connectivity index (χ0n) is 8.27. The maximum Gasteiger partial charge on any atom is 0.115 e. The summed E-state index contributed by atoms with van der Waals surface area (Å²) < 4.78 is 0. The first kappa shape index (κ1) is 10.1. The summed E-state index contributed by atoms with van der Waals surface area (Å²) in [6.45, 7) is 5.06. The molecule has 0 aliphatic carbocycles. The monoisotopic (exact) mass is 179 g/mol. The summed E-state index contributed by atoms with van der Waals surface area (Å²) >= 11 is 0. The number of aromatic nitrogens is 2. The van der Waals surface area contributed by atoms with E-state index in [2.05, 4.69) is 23.8 Å². The van der Waals surface area contributed by atoms with Gasteiger partial charge in [-0.1, -0.05) is 13.8 Å². The number of nitrogens with two attached hydrogens (primary N) is 1. The maximum atomic E-state index is 5.69. The second-order valence-electron chi connectivity index (χ2n) is 3.70. The third-order valence-electron chi connectivity index (χ3n) is 2.06. The average molecular weight is 179 g/mol. The summed E-state index contributed by atoms with van der Waals surface area (Å²) in [6, 6.07) is 1.94. The van der Waals surface area contributed by atoms with Crippen LogP contribution in [0.25, 0.3) is 0 Å². The molecule has 1 rings (SSSR count). The minimum Gasteiger partial charge on any atom is -0.330 e. The number of hydrogen-bond acceptors (Lipinski definition) is 3. The van der Waals surface area contributed by atoms with E-state index in [-0.39, 0.29) is 0 Å². The molecule has 0 aliphatic heterocycles. The Kier molecular flexibility index (Phi) is 3.83. The smallest absolute Gasteiger partial charge is 0.115 e. The van der Waals surface area contributed by atoms with Gasteiger partial charge < -0.3 is 5.73 Å². The van der Waals surface area contributed by atoms with Crippen molar-refractivity contribution in [3.8, 4) is 0 Å². The highest BCUT2D eigenvalue weighted by atomic mass is 14.8. The molecule has 1 unspecified atom stereocenters. The lowest BCUT2D eigenvalue weighted by Gasteiger charge is -2.15. The van der Waals surface area contributed by atoms with Crippen LogP contribution in [0.4, 0.5) is 0 Å². The summed E-state index contributed by atoms with van der Waals surface area (Å²) in [5.41, 5.74) is 6.75. The minimum atomic E-state index is 0.378. The van der Waals surface area contributed by atoms with Gasteiger partial charge in [0.15, 0.2) is 0 Å². The third kappa shape index (κ3) is 3.11. The van der Waals surface area contributed by atoms with Crippen molar-refractivity contribution in [2.24, 2.45) is 11.7 Å². The Morgan fingerprint density at radius 2 is 2.23 bits per heavy atom. The van der Waals surface area contributed by atoms with Gasteiger partial charge in [0, 0.05) is 24.4 Å². The van der Waals surface area contributed by atoms with Crippen molar-refractivity contribution in [3.63, 3.8) is 0 Å². The topological polar surface area (TPSA) is 51.8 Å². The van der Waals surface area contributed by atoms with Gasteiger partial charge in [0.25, 0.3) is 0 Å². The van der Waals surface area contributed by atoms with Gasteiger partial charge in [-0.2, -0.15) is 0 Å². The van der Waals surface area contributed by atoms with E-state index in [1.807, 2.05) is 6.07 Å². The number of rotatable bonds is 4. The van der Waals surface area contributed by atoms with Crippen molar-refractivity contribution in [1.29, 1.82) is 0 Å². The average Bonchev–Trinajstić information content (AvgIpc) is 2.15. The van der Waals surface area contributed by atoms with Crippen molar-refractivity contribution in [1.82, 2.24) is 9.97 Å². The molecule has 0 aromatic carbocycles. The van der Waals surface area contributed by atoms with E-state index >= 15 is 0 Å². The van der Waals surface area contributed by atoms with Crippen LogP contribution in [0.5, 0.6) is 0 Å². The van der Waals surface area contributed by atoms with Crippen LogP contribution < -0.4 is 5.73 Å². The quantitative estimate of drug-likeness (QED) is 0.763. The molecule has 1 heterocycles. The van der Waals surface area contributed by atoms with Crippen LogP contribution in [0.15, 0.2) is 18.6 Å². The molecule has 1 aromatic heterocycles. The molecular weight excluding hydrogens is 162 g/mol. The van der Waals surface area contributed by atoms with E-state index in [1.54, 1.807) is 12.5 Å². The lowest BCUT2D eigenvalue weighted by atomic mass is 9.94. The first-order valence-corrected chi connectivity index (χ1v) is 4.70. The van der Waals surface area contributed by atoms with Crippen LogP contribution in [0, 0.1) is 5.92 Å². The predicted molar refractivity (Wildman–Crippen MR) is 53.3 cm³/mol. The minimum absolute atomic E-state index is 0.378. The lowest BCUT2D eigenvalue weighted by Crippen LogP contribution is -2.15. The summed E-state index contributed by atoms with van der Waals surface area (Å²) in [7, 11) is 0. The van der Waals surface area contributed by atoms with Gasteiger partial charge in [0.05, 0.1) is 0 Å². The zero-order valence-corrected chi connectivity index (χ0v) is 8.27. The molecule has 3 nitrogen and oxygen atoms in total. The van der Waals surface area contributed by atoms with E-state index < -0.39 is 0 Å². The van der Waals surface area contributed by atoms with Crippen LogP contribution in [0.1, 0.15) is 31.9 Å². The molecule has 0 bridgehead atoms. The fourth-order valence-corrected chi connectivity index (χ4v) is 1.45. The molecular formula is C10H17N3. The van der Waals surface area contributed by atoms with Crippen LogP contribution >= 0.6 is 0 Å². The summed E-state index contributed by atoms with van der Waals surface area (Å²) in [5, 5.41) is 0. The number of hydrogen-bond donors (Lipinski definition) is 1. The Balaban J connectivity index is 2.67. The van der Waals surface area contributed by atoms with Gasteiger partial charge in [0.1, 0.15) is 6.33 Å². The second kappa shape index (κ2) is 4.92. The van der Waals surface area contributed by atoms with Crippen LogP contribution in [-0.2, 0) is 0 Å². The summed E-state index contributed by atoms with van der Waals surface area (Å²) in [5.74, 6) is 1.03. The molecule has 0 spiro atoms. The fourth-order valence-electron chi connectivity index (χ4n) is 1.45. The maximum absolute atomic E-state index is 5.69. The standard InChI is InChI=1S/C10H17N3/c1-8(2)5-9(6-11)10-3-4-12-7-13-10/h3-4,7-9H,5-6,11H2,1-2H3. The van der Waals surface area contributed by atoms with Gasteiger partial charge in [-0.05, 0) is 18.4 Å². The zero-order chi connectivity index (χ0) is 9.68. The molecule has 1 aromatic rings. The van der Waals surface area contributed by atoms with Gasteiger partial charge in [-0.25, -0.2) is 9.97 Å². The van der Waals surface area contributed by atoms with E-state index in [0.29, 0.717) is 18.4 Å². The molecule has 1 atom stereocenters. The Morgan fingerprint density at radius 1 is 1.46 bits per heavy atom. The Morgan fingerprint density at radius 3 is 2.69 bits per heavy atom. The highest BCUT2D eigenvalue weighted by Gasteiger charge is 2.12. The predicted octanol–water partition coefficient (Wildman–Crippen LogP) is 1.56. The van der Waals surface area contributed by atoms with E-state index in [4.69, 9.17) is 5.73 Å². The molecule has 72 valence electrons.